The Bertz CT molecular complexity index is 1110. The van der Waals surface area contributed by atoms with E-state index < -0.39 is 18.2 Å². The molecule has 1 aliphatic rings. The van der Waals surface area contributed by atoms with E-state index in [1.54, 1.807) is 12.1 Å². The number of amides is 1. The molecule has 31 heavy (non-hydrogen) atoms. The molecule has 0 bridgehead atoms. The molecule has 0 fully saturated rings. The monoisotopic (exact) mass is 415 g/mol. The minimum atomic E-state index is -1.28. The Morgan fingerprint density at radius 2 is 1.71 bits per heavy atom. The number of para-hydroxylation sites is 1. The summed E-state index contributed by atoms with van der Waals surface area (Å²) in [6.07, 6.45) is 0. The van der Waals surface area contributed by atoms with Crippen molar-refractivity contribution in [3.63, 3.8) is 0 Å². The Morgan fingerprint density at radius 3 is 2.39 bits per heavy atom. The first-order valence-electron chi connectivity index (χ1n) is 10.0. The second-order valence-electron chi connectivity index (χ2n) is 7.80. The first-order chi connectivity index (χ1) is 14.9. The summed E-state index contributed by atoms with van der Waals surface area (Å²) < 4.78 is 5.19. The fourth-order valence-corrected chi connectivity index (χ4v) is 3.81. The second-order valence-corrected chi connectivity index (χ2v) is 7.80. The van der Waals surface area contributed by atoms with Crippen LogP contribution in [0.1, 0.15) is 34.0 Å². The molecule has 4 rings (SSSR count). The van der Waals surface area contributed by atoms with Crippen LogP contribution in [0.4, 0.5) is 5.69 Å². The third-order valence-electron chi connectivity index (χ3n) is 5.55. The van der Waals surface area contributed by atoms with Crippen LogP contribution < -0.4 is 15.2 Å². The van der Waals surface area contributed by atoms with Crippen molar-refractivity contribution in [2.24, 2.45) is 0 Å². The summed E-state index contributed by atoms with van der Waals surface area (Å²) in [5.74, 6) is -0.921. The Balaban J connectivity index is 1.71. The average molecular weight is 415 g/mol. The summed E-state index contributed by atoms with van der Waals surface area (Å²) in [4.78, 5) is 26.0. The minimum Gasteiger partial charge on any atom is -0.546 e. The van der Waals surface area contributed by atoms with Gasteiger partial charge in [-0.3, -0.25) is 4.79 Å². The van der Waals surface area contributed by atoms with Gasteiger partial charge >= 0.3 is 0 Å². The first-order valence-corrected chi connectivity index (χ1v) is 10.0. The van der Waals surface area contributed by atoms with Gasteiger partial charge in [0, 0.05) is 12.2 Å². The number of benzene rings is 3. The van der Waals surface area contributed by atoms with Crippen molar-refractivity contribution in [3.05, 3.63) is 95.1 Å². The molecule has 1 aliphatic heterocycles. The Kier molecular flexibility index (Phi) is 5.38. The normalized spacial score (nSPS) is 17.6. The molecule has 6 nitrogen and oxygen atoms in total. The van der Waals surface area contributed by atoms with E-state index in [0.717, 1.165) is 22.4 Å². The van der Waals surface area contributed by atoms with E-state index in [0.29, 0.717) is 17.9 Å². The molecule has 6 heteroatoms. The van der Waals surface area contributed by atoms with Crippen molar-refractivity contribution >= 4 is 17.6 Å². The van der Waals surface area contributed by atoms with Crippen molar-refractivity contribution in [2.45, 2.75) is 26.1 Å². The van der Waals surface area contributed by atoms with Gasteiger partial charge in [-0.15, -0.1) is 0 Å². The zero-order valence-electron chi connectivity index (χ0n) is 17.4. The maximum atomic E-state index is 13.5. The standard InChI is InChI=1S/C25H24N2O4/c1-17-7-9-18(10-8-17)15-27-24(30)21-5-3-4-6-22(21)26-25(27,2)19-11-13-20(14-12-19)31-16-23(28)29/h3-14,26H,15-16H2,1-2H3,(H,28,29)/p-1/t25-/m1/s1. The summed E-state index contributed by atoms with van der Waals surface area (Å²) >= 11 is 0. The first kappa shape index (κ1) is 20.5. The number of rotatable bonds is 6. The molecule has 158 valence electrons. The average Bonchev–Trinajstić information content (AvgIpc) is 2.77. The maximum absolute atomic E-state index is 13.5. The summed E-state index contributed by atoms with van der Waals surface area (Å²) in [7, 11) is 0. The van der Waals surface area contributed by atoms with Gasteiger partial charge in [-0.05, 0) is 49.2 Å². The van der Waals surface area contributed by atoms with Crippen molar-refractivity contribution in [1.82, 2.24) is 4.90 Å². The van der Waals surface area contributed by atoms with Crippen LogP contribution in [0.15, 0.2) is 72.8 Å². The molecular weight excluding hydrogens is 392 g/mol. The number of nitrogens with zero attached hydrogens (tertiary/aromatic N) is 1. The van der Waals surface area contributed by atoms with E-state index in [4.69, 9.17) is 4.74 Å². The lowest BCUT2D eigenvalue weighted by Crippen LogP contribution is -2.55. The maximum Gasteiger partial charge on any atom is 0.258 e. The highest BCUT2D eigenvalue weighted by molar-refractivity contribution is 6.02. The van der Waals surface area contributed by atoms with Gasteiger partial charge in [-0.25, -0.2) is 0 Å². The van der Waals surface area contributed by atoms with Crippen LogP contribution in [-0.2, 0) is 17.0 Å². The minimum absolute atomic E-state index is 0.0605. The van der Waals surface area contributed by atoms with Crippen molar-refractivity contribution in [3.8, 4) is 5.75 Å². The van der Waals surface area contributed by atoms with E-state index in [1.807, 2.05) is 79.4 Å². The number of nitrogens with one attached hydrogen (secondary N) is 1. The number of hydrogen-bond donors (Lipinski definition) is 1. The van der Waals surface area contributed by atoms with Crippen LogP contribution in [0.2, 0.25) is 0 Å². The zero-order valence-corrected chi connectivity index (χ0v) is 17.4. The number of aliphatic carboxylic acids is 1. The number of anilines is 1. The van der Waals surface area contributed by atoms with Gasteiger partial charge in [0.15, 0.2) is 0 Å². The quantitative estimate of drug-likeness (QED) is 0.669. The molecule has 0 aromatic heterocycles. The lowest BCUT2D eigenvalue weighted by Gasteiger charge is -2.47. The number of ether oxygens (including phenoxy) is 1. The highest BCUT2D eigenvalue weighted by Crippen LogP contribution is 2.39. The van der Waals surface area contributed by atoms with Gasteiger partial charge in [-0.2, -0.15) is 0 Å². The molecule has 0 saturated carbocycles. The van der Waals surface area contributed by atoms with E-state index in [1.165, 1.54) is 0 Å². The van der Waals surface area contributed by atoms with E-state index in [-0.39, 0.29) is 5.91 Å². The summed E-state index contributed by atoms with van der Waals surface area (Å²) in [6.45, 7) is 3.91. The number of hydrogen-bond acceptors (Lipinski definition) is 5. The van der Waals surface area contributed by atoms with Gasteiger partial charge in [0.05, 0.1) is 11.5 Å². The van der Waals surface area contributed by atoms with Gasteiger partial charge in [0.25, 0.3) is 5.91 Å². The van der Waals surface area contributed by atoms with Gasteiger partial charge in [0.2, 0.25) is 0 Å². The number of carbonyl (C=O) groups excluding carboxylic acids is 2. The fourth-order valence-electron chi connectivity index (χ4n) is 3.81. The Labute approximate surface area is 181 Å². The lowest BCUT2D eigenvalue weighted by atomic mass is 9.92. The highest BCUT2D eigenvalue weighted by atomic mass is 16.5. The molecular formula is C25H23N2O4-. The lowest BCUT2D eigenvalue weighted by molar-refractivity contribution is -0.307. The number of carboxylic acid groups (broad SMARTS) is 1. The molecule has 3 aromatic carbocycles. The van der Waals surface area contributed by atoms with Gasteiger partial charge < -0.3 is 24.9 Å². The Morgan fingerprint density at radius 1 is 1.03 bits per heavy atom. The summed E-state index contributed by atoms with van der Waals surface area (Å²) in [6, 6.07) is 22.6. The predicted octanol–water partition coefficient (Wildman–Crippen LogP) is 3.06. The summed E-state index contributed by atoms with van der Waals surface area (Å²) in [5.41, 5.74) is 3.62. The van der Waals surface area contributed by atoms with Crippen molar-refractivity contribution < 1.29 is 19.4 Å². The zero-order chi connectivity index (χ0) is 22.0. The predicted molar refractivity (Wildman–Crippen MR) is 115 cm³/mol. The third-order valence-corrected chi connectivity index (χ3v) is 5.55. The highest BCUT2D eigenvalue weighted by Gasteiger charge is 2.42. The molecule has 1 amide bonds. The van der Waals surface area contributed by atoms with Crippen LogP contribution in [0, 0.1) is 6.92 Å². The molecule has 3 aromatic rings. The molecule has 1 N–H and O–H groups in total. The molecule has 0 unspecified atom stereocenters. The molecule has 0 saturated heterocycles. The fraction of sp³-hybridized carbons (Fsp3) is 0.200. The van der Waals surface area contributed by atoms with E-state index in [2.05, 4.69) is 5.32 Å². The number of carbonyl (C=O) groups is 2. The van der Waals surface area contributed by atoms with Crippen LogP contribution in [0.25, 0.3) is 0 Å². The smallest absolute Gasteiger partial charge is 0.258 e. The largest absolute Gasteiger partial charge is 0.546 e. The van der Waals surface area contributed by atoms with Crippen LogP contribution in [0.3, 0.4) is 0 Å². The topological polar surface area (TPSA) is 81.7 Å². The van der Waals surface area contributed by atoms with Crippen LogP contribution in [-0.4, -0.2) is 23.4 Å². The molecule has 1 heterocycles. The van der Waals surface area contributed by atoms with Gasteiger partial charge in [0.1, 0.15) is 18.0 Å². The van der Waals surface area contributed by atoms with E-state index >= 15 is 0 Å². The third kappa shape index (κ3) is 4.10. The molecule has 1 atom stereocenters. The SMILES string of the molecule is Cc1ccc(CN2C(=O)c3ccccc3N[C@@]2(C)c2ccc(OCC(=O)[O-])cc2)cc1. The van der Waals surface area contributed by atoms with Crippen LogP contribution >= 0.6 is 0 Å². The van der Waals surface area contributed by atoms with Crippen LogP contribution in [0.5, 0.6) is 5.75 Å². The van der Waals surface area contributed by atoms with Gasteiger partial charge in [-0.1, -0.05) is 54.1 Å². The molecule has 0 radical (unpaired) electrons. The van der Waals surface area contributed by atoms with E-state index in [9.17, 15) is 14.7 Å². The molecule has 0 aliphatic carbocycles. The second kappa shape index (κ2) is 8.14. The summed E-state index contributed by atoms with van der Waals surface area (Å²) in [5, 5.41) is 14.2. The Hall–Kier alpha value is -3.80. The van der Waals surface area contributed by atoms with Crippen molar-refractivity contribution in [1.29, 1.82) is 0 Å². The van der Waals surface area contributed by atoms with Crippen molar-refractivity contribution in [2.75, 3.05) is 11.9 Å². The number of aryl methyl sites for hydroxylation is 1. The number of carboxylic acids is 1. The molecule has 0 spiro atoms. The number of fused-ring (bicyclic) bond motifs is 1.